The monoisotopic (exact) mass is 360 g/mol. The van der Waals surface area contributed by atoms with Gasteiger partial charge in [0.1, 0.15) is 11.6 Å². The number of thiophene rings is 1. The second-order valence-corrected chi connectivity index (χ2v) is 7.31. The van der Waals surface area contributed by atoms with Gasteiger partial charge in [-0.25, -0.2) is 9.97 Å². The summed E-state index contributed by atoms with van der Waals surface area (Å²) in [6.07, 6.45) is 1.39. The number of amides is 1. The Morgan fingerprint density at radius 3 is 2.92 bits per heavy atom. The molecule has 0 fully saturated rings. The molecule has 0 saturated carbocycles. The molecule has 1 N–H and O–H groups in total. The number of carbonyl (C=O) groups is 1. The molecular formula is C16H16N4O2S2. The molecule has 0 saturated heterocycles. The smallest absolute Gasteiger partial charge is 0.253 e. The van der Waals surface area contributed by atoms with E-state index < -0.39 is 0 Å². The summed E-state index contributed by atoms with van der Waals surface area (Å²) in [4.78, 5) is 34.6. The Morgan fingerprint density at radius 2 is 2.21 bits per heavy atom. The van der Waals surface area contributed by atoms with Crippen molar-refractivity contribution in [3.8, 4) is 9.88 Å². The highest BCUT2D eigenvalue weighted by molar-refractivity contribution is 7.21. The fourth-order valence-corrected chi connectivity index (χ4v) is 3.92. The van der Waals surface area contributed by atoms with Crippen LogP contribution in [-0.2, 0) is 17.9 Å². The quantitative estimate of drug-likeness (QED) is 0.758. The van der Waals surface area contributed by atoms with Crippen molar-refractivity contribution < 1.29 is 4.79 Å². The maximum absolute atomic E-state index is 12.1. The lowest BCUT2D eigenvalue weighted by atomic mass is 10.4. The van der Waals surface area contributed by atoms with Gasteiger partial charge in [-0.1, -0.05) is 6.07 Å². The largest absolute Gasteiger partial charge is 0.350 e. The predicted octanol–water partition coefficient (Wildman–Crippen LogP) is 2.36. The van der Waals surface area contributed by atoms with Crippen molar-refractivity contribution in [2.24, 2.45) is 0 Å². The molecule has 3 rings (SSSR count). The van der Waals surface area contributed by atoms with Crippen molar-refractivity contribution in [1.82, 2.24) is 19.9 Å². The molecule has 0 aliphatic heterocycles. The first-order chi connectivity index (χ1) is 11.5. The van der Waals surface area contributed by atoms with E-state index >= 15 is 0 Å². The average molecular weight is 360 g/mol. The van der Waals surface area contributed by atoms with E-state index in [0.717, 1.165) is 20.5 Å². The first-order valence-corrected chi connectivity index (χ1v) is 9.02. The summed E-state index contributed by atoms with van der Waals surface area (Å²) in [6.45, 7) is 4.04. The maximum atomic E-state index is 12.1. The zero-order valence-electron chi connectivity index (χ0n) is 13.3. The Bertz CT molecular complexity index is 913. The number of hydrogen-bond acceptors (Lipinski definition) is 6. The van der Waals surface area contributed by atoms with Crippen LogP contribution in [0.1, 0.15) is 16.3 Å². The van der Waals surface area contributed by atoms with Gasteiger partial charge in [-0.2, -0.15) is 0 Å². The summed E-state index contributed by atoms with van der Waals surface area (Å²) in [7, 11) is 0. The van der Waals surface area contributed by atoms with Gasteiger partial charge in [0.25, 0.3) is 5.56 Å². The van der Waals surface area contributed by atoms with Crippen molar-refractivity contribution in [3.05, 3.63) is 56.5 Å². The van der Waals surface area contributed by atoms with Gasteiger partial charge in [0, 0.05) is 16.6 Å². The molecule has 124 valence electrons. The van der Waals surface area contributed by atoms with Gasteiger partial charge in [-0.3, -0.25) is 14.2 Å². The highest BCUT2D eigenvalue weighted by Crippen LogP contribution is 2.30. The lowest BCUT2D eigenvalue weighted by Gasteiger charge is -2.06. The van der Waals surface area contributed by atoms with Gasteiger partial charge in [0.15, 0.2) is 0 Å². The molecule has 3 aromatic heterocycles. The molecule has 0 aromatic carbocycles. The summed E-state index contributed by atoms with van der Waals surface area (Å²) in [5.74, 6) is -0.228. The van der Waals surface area contributed by atoms with Crippen LogP contribution in [-0.4, -0.2) is 20.4 Å². The number of rotatable bonds is 5. The standard InChI is InChI=1S/C16H16N4O2S2/c1-10-6-15(22)20(9-18-10)8-14(21)17-7-13-11(2)19-16(24-13)12-4-3-5-23-12/h3-6,9H,7-8H2,1-2H3,(H,17,21). The minimum atomic E-state index is -0.230. The Balaban J connectivity index is 1.63. The fourth-order valence-electron chi connectivity index (χ4n) is 2.12. The first kappa shape index (κ1) is 16.5. The minimum Gasteiger partial charge on any atom is -0.350 e. The SMILES string of the molecule is Cc1cc(=O)n(CC(=O)NCc2sc(-c3cccs3)nc2C)cn1. The average Bonchev–Trinajstić information content (AvgIpc) is 3.17. The second kappa shape index (κ2) is 7.06. The topological polar surface area (TPSA) is 76.9 Å². The molecule has 0 aliphatic rings. The normalized spacial score (nSPS) is 10.8. The molecule has 0 spiro atoms. The van der Waals surface area contributed by atoms with Crippen LogP contribution in [0.25, 0.3) is 9.88 Å². The van der Waals surface area contributed by atoms with Gasteiger partial charge in [-0.05, 0) is 25.3 Å². The summed E-state index contributed by atoms with van der Waals surface area (Å²) < 4.78 is 1.29. The van der Waals surface area contributed by atoms with E-state index in [2.05, 4.69) is 15.3 Å². The molecule has 8 heteroatoms. The third-order valence-electron chi connectivity index (χ3n) is 3.40. The fraction of sp³-hybridized carbons (Fsp3) is 0.250. The van der Waals surface area contributed by atoms with E-state index in [1.165, 1.54) is 17.0 Å². The molecule has 0 bridgehead atoms. The van der Waals surface area contributed by atoms with Crippen LogP contribution >= 0.6 is 22.7 Å². The predicted molar refractivity (Wildman–Crippen MR) is 95.2 cm³/mol. The Hall–Kier alpha value is -2.32. The molecule has 0 atom stereocenters. The van der Waals surface area contributed by atoms with Crippen molar-refractivity contribution in [1.29, 1.82) is 0 Å². The Labute approximate surface area is 146 Å². The summed E-state index contributed by atoms with van der Waals surface area (Å²) in [5.41, 5.74) is 1.32. The molecule has 1 amide bonds. The van der Waals surface area contributed by atoms with E-state index in [4.69, 9.17) is 0 Å². The van der Waals surface area contributed by atoms with Crippen molar-refractivity contribution >= 4 is 28.6 Å². The van der Waals surface area contributed by atoms with Gasteiger partial charge in [0.2, 0.25) is 5.91 Å². The third-order valence-corrected chi connectivity index (χ3v) is 5.60. The molecule has 24 heavy (non-hydrogen) atoms. The van der Waals surface area contributed by atoms with E-state index in [1.807, 2.05) is 24.4 Å². The highest BCUT2D eigenvalue weighted by atomic mass is 32.1. The number of aryl methyl sites for hydroxylation is 2. The summed E-state index contributed by atoms with van der Waals surface area (Å²) >= 11 is 3.22. The molecule has 0 unspecified atom stereocenters. The van der Waals surface area contributed by atoms with Gasteiger partial charge in [0.05, 0.1) is 23.4 Å². The summed E-state index contributed by atoms with van der Waals surface area (Å²) in [5, 5.41) is 5.81. The van der Waals surface area contributed by atoms with Gasteiger partial charge >= 0.3 is 0 Å². The van der Waals surface area contributed by atoms with Crippen LogP contribution in [0, 0.1) is 13.8 Å². The highest BCUT2D eigenvalue weighted by Gasteiger charge is 2.12. The van der Waals surface area contributed by atoms with Gasteiger partial charge in [-0.15, -0.1) is 22.7 Å². The minimum absolute atomic E-state index is 0.0399. The van der Waals surface area contributed by atoms with E-state index in [1.54, 1.807) is 29.6 Å². The lowest BCUT2D eigenvalue weighted by Crippen LogP contribution is -2.31. The number of nitrogens with zero attached hydrogens (tertiary/aromatic N) is 3. The number of hydrogen-bond donors (Lipinski definition) is 1. The Kier molecular flexibility index (Phi) is 4.86. The van der Waals surface area contributed by atoms with Crippen molar-refractivity contribution in [3.63, 3.8) is 0 Å². The first-order valence-electron chi connectivity index (χ1n) is 7.33. The zero-order valence-corrected chi connectivity index (χ0v) is 14.9. The van der Waals surface area contributed by atoms with Crippen molar-refractivity contribution in [2.45, 2.75) is 26.9 Å². The number of thiazole rings is 1. The van der Waals surface area contributed by atoms with Crippen LogP contribution < -0.4 is 10.9 Å². The molecule has 6 nitrogen and oxygen atoms in total. The third kappa shape index (κ3) is 3.77. The van der Waals surface area contributed by atoms with Crippen LogP contribution in [0.15, 0.2) is 34.7 Å². The maximum Gasteiger partial charge on any atom is 0.253 e. The number of nitrogens with one attached hydrogen (secondary N) is 1. The van der Waals surface area contributed by atoms with E-state index in [-0.39, 0.29) is 18.0 Å². The molecule has 3 heterocycles. The van der Waals surface area contributed by atoms with Crippen LogP contribution in [0.2, 0.25) is 0 Å². The zero-order chi connectivity index (χ0) is 17.1. The van der Waals surface area contributed by atoms with E-state index in [9.17, 15) is 9.59 Å². The summed E-state index contributed by atoms with van der Waals surface area (Å²) in [6, 6.07) is 5.43. The van der Waals surface area contributed by atoms with Gasteiger partial charge < -0.3 is 5.32 Å². The molecule has 0 aliphatic carbocycles. The Morgan fingerprint density at radius 1 is 1.38 bits per heavy atom. The van der Waals surface area contributed by atoms with Crippen LogP contribution in [0.4, 0.5) is 0 Å². The molecule has 0 radical (unpaired) electrons. The van der Waals surface area contributed by atoms with Crippen molar-refractivity contribution in [2.75, 3.05) is 0 Å². The lowest BCUT2D eigenvalue weighted by molar-refractivity contribution is -0.121. The number of aromatic nitrogens is 3. The van der Waals surface area contributed by atoms with Crippen LogP contribution in [0.5, 0.6) is 0 Å². The molecule has 3 aromatic rings. The number of carbonyl (C=O) groups excluding carboxylic acids is 1. The van der Waals surface area contributed by atoms with Crippen LogP contribution in [0.3, 0.4) is 0 Å². The van der Waals surface area contributed by atoms with E-state index in [0.29, 0.717) is 12.2 Å². The molecular weight excluding hydrogens is 344 g/mol. The second-order valence-electron chi connectivity index (χ2n) is 5.28.